The van der Waals surface area contributed by atoms with Crippen LogP contribution in [0, 0.1) is 5.92 Å². The molecule has 1 aliphatic rings. The molecule has 2 unspecified atom stereocenters. The summed E-state index contributed by atoms with van der Waals surface area (Å²) in [4.78, 5) is 10.6. The van der Waals surface area contributed by atoms with Crippen molar-refractivity contribution in [1.29, 1.82) is 0 Å². The summed E-state index contributed by atoms with van der Waals surface area (Å²) in [7, 11) is 0. The number of hydrogen-bond acceptors (Lipinski definition) is 3. The maximum absolute atomic E-state index is 10.6. The predicted octanol–water partition coefficient (Wildman–Crippen LogP) is 2.14. The molecule has 1 fully saturated rings. The first kappa shape index (κ1) is 11.5. The minimum absolute atomic E-state index is 0.182. The van der Waals surface area contributed by atoms with Gasteiger partial charge in [-0.05, 0) is 39.0 Å². The van der Waals surface area contributed by atoms with E-state index in [0.717, 1.165) is 19.3 Å². The van der Waals surface area contributed by atoms with Crippen molar-refractivity contribution >= 4 is 5.97 Å². The van der Waals surface area contributed by atoms with E-state index >= 15 is 0 Å². The summed E-state index contributed by atoms with van der Waals surface area (Å²) in [5.74, 6) is 0.464. The summed E-state index contributed by atoms with van der Waals surface area (Å²) in [6.45, 7) is 6.22. The SMILES string of the molecule is CC(=O)OCCC1CC(C)OC(C)C1. The zero-order chi connectivity index (χ0) is 10.6. The average molecular weight is 200 g/mol. The van der Waals surface area contributed by atoms with Crippen LogP contribution in [0.25, 0.3) is 0 Å². The molecule has 0 saturated carbocycles. The Bertz CT molecular complexity index is 181. The number of ether oxygens (including phenoxy) is 2. The van der Waals surface area contributed by atoms with Gasteiger partial charge in [-0.1, -0.05) is 0 Å². The van der Waals surface area contributed by atoms with E-state index in [2.05, 4.69) is 13.8 Å². The molecule has 0 bridgehead atoms. The van der Waals surface area contributed by atoms with Crippen LogP contribution in [0.2, 0.25) is 0 Å². The van der Waals surface area contributed by atoms with Gasteiger partial charge < -0.3 is 9.47 Å². The predicted molar refractivity (Wildman–Crippen MR) is 54.0 cm³/mol. The van der Waals surface area contributed by atoms with Crippen molar-refractivity contribution in [3.05, 3.63) is 0 Å². The monoisotopic (exact) mass is 200 g/mol. The van der Waals surface area contributed by atoms with Crippen LogP contribution in [0.4, 0.5) is 0 Å². The largest absolute Gasteiger partial charge is 0.466 e. The third-order valence-corrected chi connectivity index (χ3v) is 2.63. The summed E-state index contributed by atoms with van der Waals surface area (Å²) < 4.78 is 10.6. The Balaban J connectivity index is 2.20. The van der Waals surface area contributed by atoms with Gasteiger partial charge in [0, 0.05) is 6.92 Å². The number of carbonyl (C=O) groups excluding carboxylic acids is 1. The van der Waals surface area contributed by atoms with Gasteiger partial charge >= 0.3 is 5.97 Å². The van der Waals surface area contributed by atoms with E-state index in [-0.39, 0.29) is 5.97 Å². The third-order valence-electron chi connectivity index (χ3n) is 2.63. The molecule has 0 aromatic carbocycles. The molecule has 0 spiro atoms. The zero-order valence-electron chi connectivity index (χ0n) is 9.29. The van der Waals surface area contributed by atoms with Gasteiger partial charge in [0.1, 0.15) is 0 Å². The summed E-state index contributed by atoms with van der Waals surface area (Å²) in [6, 6.07) is 0. The van der Waals surface area contributed by atoms with Gasteiger partial charge in [-0.3, -0.25) is 4.79 Å². The Kier molecular flexibility index (Phi) is 4.39. The van der Waals surface area contributed by atoms with Crippen molar-refractivity contribution in [3.8, 4) is 0 Å². The molecule has 14 heavy (non-hydrogen) atoms. The van der Waals surface area contributed by atoms with Crippen LogP contribution in [0.15, 0.2) is 0 Å². The highest BCUT2D eigenvalue weighted by Gasteiger charge is 2.24. The van der Waals surface area contributed by atoms with Crippen LogP contribution < -0.4 is 0 Å². The lowest BCUT2D eigenvalue weighted by Gasteiger charge is -2.31. The molecular formula is C11H20O3. The lowest BCUT2D eigenvalue weighted by Crippen LogP contribution is -2.29. The van der Waals surface area contributed by atoms with E-state index in [9.17, 15) is 4.79 Å². The van der Waals surface area contributed by atoms with Gasteiger partial charge in [0.05, 0.1) is 18.8 Å². The van der Waals surface area contributed by atoms with E-state index in [4.69, 9.17) is 9.47 Å². The molecule has 0 N–H and O–H groups in total. The second-order valence-electron chi connectivity index (χ2n) is 4.22. The van der Waals surface area contributed by atoms with Gasteiger partial charge in [0.15, 0.2) is 0 Å². The highest BCUT2D eigenvalue weighted by Crippen LogP contribution is 2.26. The van der Waals surface area contributed by atoms with Crippen molar-refractivity contribution in [2.75, 3.05) is 6.61 Å². The van der Waals surface area contributed by atoms with Crippen molar-refractivity contribution in [1.82, 2.24) is 0 Å². The van der Waals surface area contributed by atoms with E-state index in [1.54, 1.807) is 0 Å². The second kappa shape index (κ2) is 5.35. The fourth-order valence-corrected chi connectivity index (χ4v) is 2.15. The Labute approximate surface area is 85.8 Å². The number of carbonyl (C=O) groups is 1. The van der Waals surface area contributed by atoms with E-state index in [1.807, 2.05) is 0 Å². The molecule has 0 aromatic rings. The lowest BCUT2D eigenvalue weighted by molar-refractivity contribution is -0.141. The molecular weight excluding hydrogens is 180 g/mol. The fourth-order valence-electron chi connectivity index (χ4n) is 2.15. The number of esters is 1. The number of rotatable bonds is 3. The zero-order valence-corrected chi connectivity index (χ0v) is 9.29. The summed E-state index contributed by atoms with van der Waals surface area (Å²) in [6.07, 6.45) is 3.84. The topological polar surface area (TPSA) is 35.5 Å². The van der Waals surface area contributed by atoms with Crippen LogP contribution in [-0.2, 0) is 14.3 Å². The molecule has 0 radical (unpaired) electrons. The highest BCUT2D eigenvalue weighted by molar-refractivity contribution is 5.65. The van der Waals surface area contributed by atoms with Crippen molar-refractivity contribution in [2.45, 2.75) is 52.2 Å². The maximum Gasteiger partial charge on any atom is 0.302 e. The summed E-state index contributed by atoms with van der Waals surface area (Å²) >= 11 is 0. The van der Waals surface area contributed by atoms with Crippen LogP contribution >= 0.6 is 0 Å². The molecule has 1 aliphatic heterocycles. The maximum atomic E-state index is 10.6. The third kappa shape index (κ3) is 4.09. The minimum Gasteiger partial charge on any atom is -0.466 e. The smallest absolute Gasteiger partial charge is 0.302 e. The Morgan fingerprint density at radius 1 is 1.36 bits per heavy atom. The molecule has 0 aliphatic carbocycles. The van der Waals surface area contributed by atoms with E-state index in [1.165, 1.54) is 6.92 Å². The van der Waals surface area contributed by atoms with E-state index < -0.39 is 0 Å². The van der Waals surface area contributed by atoms with Gasteiger partial charge in [0.25, 0.3) is 0 Å². The second-order valence-corrected chi connectivity index (χ2v) is 4.22. The van der Waals surface area contributed by atoms with Gasteiger partial charge in [-0.2, -0.15) is 0 Å². The van der Waals surface area contributed by atoms with Crippen LogP contribution in [0.3, 0.4) is 0 Å². The first-order chi connectivity index (χ1) is 6.58. The van der Waals surface area contributed by atoms with Gasteiger partial charge in [-0.25, -0.2) is 0 Å². The highest BCUT2D eigenvalue weighted by atomic mass is 16.5. The molecule has 3 nitrogen and oxygen atoms in total. The Morgan fingerprint density at radius 3 is 2.43 bits per heavy atom. The van der Waals surface area contributed by atoms with Gasteiger partial charge in [-0.15, -0.1) is 0 Å². The summed E-state index contributed by atoms with van der Waals surface area (Å²) in [5.41, 5.74) is 0. The normalized spacial score (nSPS) is 32.6. The summed E-state index contributed by atoms with van der Waals surface area (Å²) in [5, 5.41) is 0. The van der Waals surface area contributed by atoms with E-state index in [0.29, 0.717) is 24.7 Å². The number of hydrogen-bond donors (Lipinski definition) is 0. The Morgan fingerprint density at radius 2 is 1.93 bits per heavy atom. The molecule has 0 aromatic heterocycles. The van der Waals surface area contributed by atoms with Crippen molar-refractivity contribution < 1.29 is 14.3 Å². The lowest BCUT2D eigenvalue weighted by atomic mass is 9.90. The first-order valence-electron chi connectivity index (χ1n) is 5.36. The molecule has 1 heterocycles. The van der Waals surface area contributed by atoms with Gasteiger partial charge in [0.2, 0.25) is 0 Å². The van der Waals surface area contributed by atoms with Crippen LogP contribution in [-0.4, -0.2) is 24.8 Å². The van der Waals surface area contributed by atoms with Crippen LogP contribution in [0.1, 0.15) is 40.0 Å². The first-order valence-corrected chi connectivity index (χ1v) is 5.36. The molecule has 82 valence electrons. The fraction of sp³-hybridized carbons (Fsp3) is 0.909. The molecule has 1 saturated heterocycles. The molecule has 1 rings (SSSR count). The van der Waals surface area contributed by atoms with Crippen molar-refractivity contribution in [2.24, 2.45) is 5.92 Å². The minimum atomic E-state index is -0.182. The van der Waals surface area contributed by atoms with Crippen LogP contribution in [0.5, 0.6) is 0 Å². The molecule has 2 atom stereocenters. The standard InChI is InChI=1S/C11H20O3/c1-8-6-11(7-9(2)14-8)4-5-13-10(3)12/h8-9,11H,4-7H2,1-3H3. The Hall–Kier alpha value is -0.570. The molecule has 3 heteroatoms. The van der Waals surface area contributed by atoms with Crippen molar-refractivity contribution in [3.63, 3.8) is 0 Å². The molecule has 0 amide bonds. The quantitative estimate of drug-likeness (QED) is 0.655. The average Bonchev–Trinajstić information content (AvgIpc) is 2.01.